The smallest absolute Gasteiger partial charge is 0.146 e. The van der Waals surface area contributed by atoms with Crippen LogP contribution in [0.15, 0.2) is 24.3 Å². The molecule has 3 N–H and O–H groups in total. The lowest BCUT2D eigenvalue weighted by molar-refractivity contribution is 0.305. The van der Waals surface area contributed by atoms with Gasteiger partial charge in [0.15, 0.2) is 0 Å². The lowest BCUT2D eigenvalue weighted by Crippen LogP contribution is -2.50. The van der Waals surface area contributed by atoms with Crippen molar-refractivity contribution in [2.24, 2.45) is 17.6 Å². The van der Waals surface area contributed by atoms with E-state index in [1.807, 2.05) is 6.07 Å². The van der Waals surface area contributed by atoms with Gasteiger partial charge in [0.2, 0.25) is 0 Å². The molecule has 1 aromatic rings. The summed E-state index contributed by atoms with van der Waals surface area (Å²) >= 11 is 0. The molecule has 0 heterocycles. The Kier molecular flexibility index (Phi) is 2.58. The van der Waals surface area contributed by atoms with Crippen molar-refractivity contribution in [1.29, 1.82) is 0 Å². The van der Waals surface area contributed by atoms with Crippen LogP contribution in [-0.2, 0) is 0 Å². The zero-order valence-corrected chi connectivity index (χ0v) is 9.95. The molecular weight excluding hydrogens is 215 g/mol. The van der Waals surface area contributed by atoms with E-state index in [-0.39, 0.29) is 11.4 Å². The average molecular weight is 234 g/mol. The van der Waals surface area contributed by atoms with Gasteiger partial charge in [0.25, 0.3) is 0 Å². The number of hydrogen-bond donors (Lipinski definition) is 2. The van der Waals surface area contributed by atoms with E-state index in [9.17, 15) is 4.39 Å². The van der Waals surface area contributed by atoms with E-state index in [2.05, 4.69) is 5.32 Å². The van der Waals surface area contributed by atoms with Crippen LogP contribution in [0.25, 0.3) is 0 Å². The maximum Gasteiger partial charge on any atom is 0.146 e. The summed E-state index contributed by atoms with van der Waals surface area (Å²) in [7, 11) is 0. The third-order valence-corrected chi connectivity index (χ3v) is 4.60. The lowest BCUT2D eigenvalue weighted by Gasteiger charge is -2.38. The number of para-hydroxylation sites is 1. The highest BCUT2D eigenvalue weighted by Crippen LogP contribution is 2.51. The highest BCUT2D eigenvalue weighted by Gasteiger charge is 2.50. The van der Waals surface area contributed by atoms with Gasteiger partial charge in [-0.1, -0.05) is 12.1 Å². The Bertz CT molecular complexity index is 420. The topological polar surface area (TPSA) is 38.0 Å². The third-order valence-electron chi connectivity index (χ3n) is 4.60. The molecule has 2 saturated carbocycles. The van der Waals surface area contributed by atoms with Crippen LogP contribution in [0.4, 0.5) is 10.1 Å². The van der Waals surface area contributed by atoms with Gasteiger partial charge >= 0.3 is 0 Å². The van der Waals surface area contributed by atoms with Crippen LogP contribution in [0.3, 0.4) is 0 Å². The Morgan fingerprint density at radius 1 is 1.35 bits per heavy atom. The Morgan fingerprint density at radius 2 is 2.18 bits per heavy atom. The molecule has 17 heavy (non-hydrogen) atoms. The highest BCUT2D eigenvalue weighted by atomic mass is 19.1. The number of nitrogens with one attached hydrogen (secondary N) is 1. The Hall–Kier alpha value is -1.09. The number of anilines is 1. The first-order chi connectivity index (χ1) is 8.23. The molecule has 3 heteroatoms. The largest absolute Gasteiger partial charge is 0.376 e. The molecule has 2 nitrogen and oxygen atoms in total. The summed E-state index contributed by atoms with van der Waals surface area (Å²) in [5.74, 6) is 1.24. The Labute approximate surface area is 101 Å². The molecule has 2 aliphatic carbocycles. The normalized spacial score (nSPS) is 35.2. The first kappa shape index (κ1) is 11.0. The van der Waals surface area contributed by atoms with Crippen molar-refractivity contribution in [2.45, 2.75) is 31.2 Å². The highest BCUT2D eigenvalue weighted by molar-refractivity contribution is 5.48. The van der Waals surface area contributed by atoms with Gasteiger partial charge in [-0.25, -0.2) is 4.39 Å². The fourth-order valence-electron chi connectivity index (χ4n) is 3.73. The zero-order chi connectivity index (χ0) is 11.9. The van der Waals surface area contributed by atoms with Crippen LogP contribution in [0.1, 0.15) is 25.7 Å². The standard InChI is InChI=1S/C14H19FN2/c15-12-3-1-2-4-13(12)17-14(9-16)8-10-5-6-11(14)7-10/h1-4,10-11,17H,5-9,16H2. The number of rotatable bonds is 3. The van der Waals surface area contributed by atoms with Gasteiger partial charge in [0, 0.05) is 6.54 Å². The molecule has 0 saturated heterocycles. The van der Waals surface area contributed by atoms with Crippen LogP contribution >= 0.6 is 0 Å². The monoisotopic (exact) mass is 234 g/mol. The fourth-order valence-corrected chi connectivity index (χ4v) is 3.73. The second kappa shape index (κ2) is 3.98. The van der Waals surface area contributed by atoms with Gasteiger partial charge < -0.3 is 11.1 Å². The van der Waals surface area contributed by atoms with Crippen molar-refractivity contribution >= 4 is 5.69 Å². The number of benzene rings is 1. The van der Waals surface area contributed by atoms with E-state index < -0.39 is 0 Å². The molecule has 3 atom stereocenters. The first-order valence-electron chi connectivity index (χ1n) is 6.46. The minimum atomic E-state index is -0.178. The van der Waals surface area contributed by atoms with Crippen molar-refractivity contribution in [3.8, 4) is 0 Å². The van der Waals surface area contributed by atoms with Crippen LogP contribution < -0.4 is 11.1 Å². The van der Waals surface area contributed by atoms with Crippen molar-refractivity contribution in [2.75, 3.05) is 11.9 Å². The molecule has 92 valence electrons. The van der Waals surface area contributed by atoms with E-state index in [1.54, 1.807) is 12.1 Å². The minimum Gasteiger partial charge on any atom is -0.376 e. The van der Waals surface area contributed by atoms with Crippen molar-refractivity contribution < 1.29 is 4.39 Å². The van der Waals surface area contributed by atoms with Crippen LogP contribution in [0.2, 0.25) is 0 Å². The van der Waals surface area contributed by atoms with E-state index in [0.717, 1.165) is 12.3 Å². The molecular formula is C14H19FN2. The molecule has 3 rings (SSSR count). The number of hydrogen-bond acceptors (Lipinski definition) is 2. The minimum absolute atomic E-state index is 0.0644. The number of halogens is 1. The summed E-state index contributed by atoms with van der Waals surface area (Å²) in [5.41, 5.74) is 6.51. The summed E-state index contributed by atoms with van der Waals surface area (Å²) < 4.78 is 13.7. The van der Waals surface area contributed by atoms with Crippen molar-refractivity contribution in [3.63, 3.8) is 0 Å². The fraction of sp³-hybridized carbons (Fsp3) is 0.571. The summed E-state index contributed by atoms with van der Waals surface area (Å²) in [6.07, 6.45) is 4.93. The molecule has 1 aromatic carbocycles. The van der Waals surface area contributed by atoms with Crippen LogP contribution in [-0.4, -0.2) is 12.1 Å². The van der Waals surface area contributed by atoms with Crippen LogP contribution in [0.5, 0.6) is 0 Å². The predicted molar refractivity (Wildman–Crippen MR) is 67.3 cm³/mol. The number of nitrogens with two attached hydrogens (primary N) is 1. The molecule has 2 fully saturated rings. The summed E-state index contributed by atoms with van der Waals surface area (Å²) in [5, 5.41) is 3.40. The van der Waals surface area contributed by atoms with E-state index in [1.165, 1.54) is 25.3 Å². The zero-order valence-electron chi connectivity index (χ0n) is 9.95. The third kappa shape index (κ3) is 1.73. The van der Waals surface area contributed by atoms with Crippen molar-refractivity contribution in [1.82, 2.24) is 0 Å². The van der Waals surface area contributed by atoms with Gasteiger partial charge in [0.05, 0.1) is 11.2 Å². The van der Waals surface area contributed by atoms with Gasteiger partial charge in [0.1, 0.15) is 5.82 Å². The molecule has 0 spiro atoms. The summed E-state index contributed by atoms with van der Waals surface area (Å²) in [4.78, 5) is 0. The van der Waals surface area contributed by atoms with E-state index in [4.69, 9.17) is 5.73 Å². The SMILES string of the molecule is NCC1(Nc2ccccc2F)CC2CCC1C2. The summed E-state index contributed by atoms with van der Waals surface area (Å²) in [6, 6.07) is 6.89. The molecule has 2 aliphatic rings. The maximum absolute atomic E-state index is 13.7. The van der Waals surface area contributed by atoms with Gasteiger partial charge in [-0.05, 0) is 49.7 Å². The molecule has 0 radical (unpaired) electrons. The second-order valence-electron chi connectivity index (χ2n) is 5.55. The van der Waals surface area contributed by atoms with Crippen molar-refractivity contribution in [3.05, 3.63) is 30.1 Å². The quantitative estimate of drug-likeness (QED) is 0.844. The van der Waals surface area contributed by atoms with Gasteiger partial charge in [-0.2, -0.15) is 0 Å². The molecule has 3 unspecified atom stereocenters. The molecule has 0 aliphatic heterocycles. The maximum atomic E-state index is 13.7. The molecule has 0 aromatic heterocycles. The number of fused-ring (bicyclic) bond motifs is 2. The van der Waals surface area contributed by atoms with E-state index in [0.29, 0.717) is 18.2 Å². The Balaban J connectivity index is 1.86. The first-order valence-corrected chi connectivity index (χ1v) is 6.46. The van der Waals surface area contributed by atoms with Gasteiger partial charge in [-0.3, -0.25) is 0 Å². The molecule has 0 amide bonds. The average Bonchev–Trinajstić information content (AvgIpc) is 2.93. The molecule has 2 bridgehead atoms. The van der Waals surface area contributed by atoms with Crippen LogP contribution in [0, 0.1) is 17.7 Å². The lowest BCUT2D eigenvalue weighted by atomic mass is 9.80. The van der Waals surface area contributed by atoms with Gasteiger partial charge in [-0.15, -0.1) is 0 Å². The van der Waals surface area contributed by atoms with E-state index >= 15 is 0 Å². The second-order valence-corrected chi connectivity index (χ2v) is 5.55. The predicted octanol–water partition coefficient (Wildman–Crippen LogP) is 2.76. The Morgan fingerprint density at radius 3 is 2.76 bits per heavy atom. The summed E-state index contributed by atoms with van der Waals surface area (Å²) in [6.45, 7) is 0.600.